The number of hydrogen-bond acceptors (Lipinski definition) is 4. The molecule has 1 aliphatic rings. The molecule has 2 heterocycles. The lowest BCUT2D eigenvalue weighted by Gasteiger charge is -2.07. The van der Waals surface area contributed by atoms with Gasteiger partial charge < -0.3 is 0 Å². The Labute approximate surface area is 70.1 Å². The Morgan fingerprint density at radius 2 is 1.75 bits per heavy atom. The molecule has 0 spiro atoms. The standard InChI is InChI=1S/C8H8N4/c1-3-9-7(10-4-1)8-11-5-2-6-12-8/h1,3-6,8H,2H2. The number of nitrogens with zero attached hydrogens (tertiary/aromatic N) is 4. The molecule has 0 atom stereocenters. The van der Waals surface area contributed by atoms with Gasteiger partial charge in [0.25, 0.3) is 0 Å². The highest BCUT2D eigenvalue weighted by Crippen LogP contribution is 2.14. The van der Waals surface area contributed by atoms with Crippen LogP contribution in [-0.4, -0.2) is 22.4 Å². The number of rotatable bonds is 1. The molecule has 4 nitrogen and oxygen atoms in total. The maximum absolute atomic E-state index is 4.15. The Morgan fingerprint density at radius 1 is 1.08 bits per heavy atom. The van der Waals surface area contributed by atoms with Gasteiger partial charge in [0.1, 0.15) is 0 Å². The minimum atomic E-state index is -0.222. The molecular formula is C8H8N4. The Morgan fingerprint density at radius 3 is 2.42 bits per heavy atom. The van der Waals surface area contributed by atoms with Gasteiger partial charge in [0.15, 0.2) is 12.0 Å². The summed E-state index contributed by atoms with van der Waals surface area (Å²) < 4.78 is 0. The SMILES string of the molecule is C1=NC(c2ncccn2)N=CC1. The molecule has 0 saturated carbocycles. The highest BCUT2D eigenvalue weighted by molar-refractivity contribution is 5.81. The van der Waals surface area contributed by atoms with Gasteiger partial charge in [-0.3, -0.25) is 9.98 Å². The zero-order chi connectivity index (χ0) is 8.23. The third kappa shape index (κ3) is 1.37. The van der Waals surface area contributed by atoms with Gasteiger partial charge in [0.2, 0.25) is 0 Å². The van der Waals surface area contributed by atoms with Gasteiger partial charge >= 0.3 is 0 Å². The van der Waals surface area contributed by atoms with E-state index in [1.54, 1.807) is 18.5 Å². The van der Waals surface area contributed by atoms with Gasteiger partial charge in [-0.1, -0.05) is 0 Å². The molecular weight excluding hydrogens is 152 g/mol. The Kier molecular flexibility index (Phi) is 1.90. The topological polar surface area (TPSA) is 50.5 Å². The summed E-state index contributed by atoms with van der Waals surface area (Å²) in [4.78, 5) is 16.4. The van der Waals surface area contributed by atoms with E-state index < -0.39 is 0 Å². The molecule has 2 rings (SSSR count). The molecule has 0 amide bonds. The summed E-state index contributed by atoms with van der Waals surface area (Å²) in [7, 11) is 0. The first kappa shape index (κ1) is 7.09. The quantitative estimate of drug-likeness (QED) is 0.615. The second-order valence-corrected chi connectivity index (χ2v) is 2.38. The smallest absolute Gasteiger partial charge is 0.198 e. The van der Waals surface area contributed by atoms with Crippen molar-refractivity contribution in [1.29, 1.82) is 0 Å². The largest absolute Gasteiger partial charge is 0.262 e. The summed E-state index contributed by atoms with van der Waals surface area (Å²) in [6, 6.07) is 1.78. The zero-order valence-corrected chi connectivity index (χ0v) is 6.46. The van der Waals surface area contributed by atoms with Crippen LogP contribution in [0.5, 0.6) is 0 Å². The highest BCUT2D eigenvalue weighted by atomic mass is 15.1. The molecule has 0 unspecified atom stereocenters. The summed E-state index contributed by atoms with van der Waals surface area (Å²) in [5, 5.41) is 0. The van der Waals surface area contributed by atoms with Crippen LogP contribution < -0.4 is 0 Å². The predicted molar refractivity (Wildman–Crippen MR) is 46.4 cm³/mol. The van der Waals surface area contributed by atoms with Crippen LogP contribution in [0, 0.1) is 0 Å². The maximum Gasteiger partial charge on any atom is 0.198 e. The Balaban J connectivity index is 2.25. The highest BCUT2D eigenvalue weighted by Gasteiger charge is 2.09. The lowest BCUT2D eigenvalue weighted by Crippen LogP contribution is -2.02. The first-order chi connectivity index (χ1) is 5.97. The second-order valence-electron chi connectivity index (χ2n) is 2.38. The maximum atomic E-state index is 4.15. The first-order valence-electron chi connectivity index (χ1n) is 3.77. The average molecular weight is 160 g/mol. The van der Waals surface area contributed by atoms with Crippen molar-refractivity contribution < 1.29 is 0 Å². The third-order valence-electron chi connectivity index (χ3n) is 1.52. The number of hydrogen-bond donors (Lipinski definition) is 0. The van der Waals surface area contributed by atoms with Crippen molar-refractivity contribution in [3.05, 3.63) is 24.3 Å². The molecule has 1 aliphatic heterocycles. The lowest BCUT2D eigenvalue weighted by atomic mass is 10.4. The molecule has 0 radical (unpaired) electrons. The predicted octanol–water partition coefficient (Wildman–Crippen LogP) is 1.02. The van der Waals surface area contributed by atoms with E-state index in [0.717, 1.165) is 6.42 Å². The van der Waals surface area contributed by atoms with Crippen LogP contribution in [0.2, 0.25) is 0 Å². The van der Waals surface area contributed by atoms with E-state index in [4.69, 9.17) is 0 Å². The fraction of sp³-hybridized carbons (Fsp3) is 0.250. The summed E-state index contributed by atoms with van der Waals surface area (Å²) >= 11 is 0. The van der Waals surface area contributed by atoms with Crippen LogP contribution in [0.3, 0.4) is 0 Å². The fourth-order valence-electron chi connectivity index (χ4n) is 0.984. The van der Waals surface area contributed by atoms with Gasteiger partial charge in [-0.25, -0.2) is 9.97 Å². The van der Waals surface area contributed by atoms with E-state index >= 15 is 0 Å². The fourth-order valence-corrected chi connectivity index (χ4v) is 0.984. The molecule has 0 aliphatic carbocycles. The summed E-state index contributed by atoms with van der Waals surface area (Å²) in [6.45, 7) is 0. The normalized spacial score (nSPS) is 16.7. The van der Waals surface area contributed by atoms with Crippen molar-refractivity contribution in [3.8, 4) is 0 Å². The third-order valence-corrected chi connectivity index (χ3v) is 1.52. The van der Waals surface area contributed by atoms with Crippen LogP contribution in [-0.2, 0) is 0 Å². The second kappa shape index (κ2) is 3.21. The van der Waals surface area contributed by atoms with E-state index in [2.05, 4.69) is 20.0 Å². The number of aromatic nitrogens is 2. The average Bonchev–Trinajstić information content (AvgIpc) is 2.21. The van der Waals surface area contributed by atoms with Crippen molar-refractivity contribution in [2.75, 3.05) is 0 Å². The van der Waals surface area contributed by atoms with Crippen LogP contribution in [0.1, 0.15) is 18.4 Å². The number of aliphatic imine (C=N–C) groups is 2. The van der Waals surface area contributed by atoms with E-state index in [9.17, 15) is 0 Å². The lowest BCUT2D eigenvalue weighted by molar-refractivity contribution is 0.708. The minimum Gasteiger partial charge on any atom is -0.262 e. The molecule has 12 heavy (non-hydrogen) atoms. The minimum absolute atomic E-state index is 0.222. The van der Waals surface area contributed by atoms with Crippen LogP contribution in [0.25, 0.3) is 0 Å². The van der Waals surface area contributed by atoms with Crippen molar-refractivity contribution in [2.24, 2.45) is 9.98 Å². The van der Waals surface area contributed by atoms with Crippen molar-refractivity contribution >= 4 is 12.4 Å². The molecule has 0 aromatic carbocycles. The zero-order valence-electron chi connectivity index (χ0n) is 6.46. The molecule has 1 aromatic heterocycles. The molecule has 0 saturated heterocycles. The van der Waals surface area contributed by atoms with Crippen LogP contribution in [0.4, 0.5) is 0 Å². The van der Waals surface area contributed by atoms with E-state index in [0.29, 0.717) is 5.82 Å². The Hall–Kier alpha value is -1.58. The van der Waals surface area contributed by atoms with Gasteiger partial charge in [-0.05, 0) is 6.07 Å². The molecule has 0 fully saturated rings. The summed E-state index contributed by atoms with van der Waals surface area (Å²) in [6.07, 6.45) is 7.63. The molecule has 4 heteroatoms. The van der Waals surface area contributed by atoms with Gasteiger partial charge in [-0.15, -0.1) is 0 Å². The van der Waals surface area contributed by atoms with E-state index in [1.165, 1.54) is 0 Å². The molecule has 1 aromatic rings. The monoisotopic (exact) mass is 160 g/mol. The molecule has 60 valence electrons. The van der Waals surface area contributed by atoms with E-state index in [1.807, 2.05) is 12.4 Å². The molecule has 0 bridgehead atoms. The summed E-state index contributed by atoms with van der Waals surface area (Å²) in [5.74, 6) is 0.657. The van der Waals surface area contributed by atoms with Crippen molar-refractivity contribution in [3.63, 3.8) is 0 Å². The Bertz CT molecular complexity index is 292. The molecule has 0 N–H and O–H groups in total. The van der Waals surface area contributed by atoms with Crippen molar-refractivity contribution in [1.82, 2.24) is 9.97 Å². The van der Waals surface area contributed by atoms with E-state index in [-0.39, 0.29) is 6.17 Å². The van der Waals surface area contributed by atoms with Crippen LogP contribution >= 0.6 is 0 Å². The van der Waals surface area contributed by atoms with Crippen LogP contribution in [0.15, 0.2) is 28.4 Å². The van der Waals surface area contributed by atoms with Crippen molar-refractivity contribution in [2.45, 2.75) is 12.6 Å². The first-order valence-corrected chi connectivity index (χ1v) is 3.77. The van der Waals surface area contributed by atoms with Gasteiger partial charge in [0.05, 0.1) is 0 Å². The van der Waals surface area contributed by atoms with Gasteiger partial charge in [-0.2, -0.15) is 0 Å². The van der Waals surface area contributed by atoms with Gasteiger partial charge in [0, 0.05) is 31.2 Å². The summed E-state index contributed by atoms with van der Waals surface area (Å²) in [5.41, 5.74) is 0.